The van der Waals surface area contributed by atoms with Gasteiger partial charge in [0, 0.05) is 12.5 Å². The summed E-state index contributed by atoms with van der Waals surface area (Å²) < 4.78 is 34.0. The fourth-order valence-corrected chi connectivity index (χ4v) is 2.82. The monoisotopic (exact) mass is 383 g/mol. The van der Waals surface area contributed by atoms with Crippen LogP contribution in [0.15, 0.2) is 24.3 Å². The first-order valence-corrected chi connectivity index (χ1v) is 8.77. The molecule has 2 rings (SSSR count). The predicted octanol–water partition coefficient (Wildman–Crippen LogP) is 4.14. The number of nitrogens with zero attached hydrogens (tertiary/aromatic N) is 2. The number of alkyl halides is 2. The van der Waals surface area contributed by atoms with Gasteiger partial charge in [0.2, 0.25) is 11.0 Å². The molecule has 0 aliphatic carbocycles. The van der Waals surface area contributed by atoms with E-state index in [1.165, 1.54) is 48.8 Å². The summed E-state index contributed by atoms with van der Waals surface area (Å²) in [4.78, 5) is 12.0. The first kappa shape index (κ1) is 19.8. The Balaban J connectivity index is 1.97. The lowest BCUT2D eigenvalue weighted by atomic mass is 10.2. The summed E-state index contributed by atoms with van der Waals surface area (Å²) in [6.45, 7) is -0.847. The number of hydrogen-bond donors (Lipinski definition) is 1. The molecule has 0 aliphatic rings. The molecule has 0 saturated heterocycles. The van der Waals surface area contributed by atoms with E-state index in [9.17, 15) is 13.6 Å². The van der Waals surface area contributed by atoms with E-state index in [1.54, 1.807) is 0 Å². The first-order chi connectivity index (χ1) is 12.5. The molecule has 2 aromatic rings. The number of halogens is 2. The second-order valence-corrected chi connectivity index (χ2v) is 6.28. The van der Waals surface area contributed by atoms with Crippen LogP contribution in [0.5, 0.6) is 11.5 Å². The number of benzene rings is 1. The Morgan fingerprint density at radius 1 is 1.35 bits per heavy atom. The van der Waals surface area contributed by atoms with E-state index >= 15 is 0 Å². The third-order valence-corrected chi connectivity index (χ3v) is 4.17. The van der Waals surface area contributed by atoms with E-state index in [2.05, 4.69) is 27.2 Å². The maximum Gasteiger partial charge on any atom is 0.387 e. The number of aromatic nitrogens is 2. The highest BCUT2D eigenvalue weighted by molar-refractivity contribution is 7.15. The molecule has 0 atom stereocenters. The zero-order chi connectivity index (χ0) is 18.9. The molecule has 1 N–H and O–H groups in total. The molecule has 1 amide bonds. The number of unbranched alkanes of at least 4 members (excludes halogenated alkanes) is 1. The summed E-state index contributed by atoms with van der Waals surface area (Å²) in [5, 5.41) is 11.9. The Morgan fingerprint density at radius 3 is 2.85 bits per heavy atom. The van der Waals surface area contributed by atoms with Crippen LogP contribution < -0.4 is 14.8 Å². The fourth-order valence-electron chi connectivity index (χ4n) is 2.03. The summed E-state index contributed by atoms with van der Waals surface area (Å²) in [5.41, 5.74) is 0.597. The highest BCUT2D eigenvalue weighted by Crippen LogP contribution is 2.29. The molecule has 0 radical (unpaired) electrons. The minimum absolute atomic E-state index is 0.0717. The lowest BCUT2D eigenvalue weighted by Gasteiger charge is -2.10. The minimum Gasteiger partial charge on any atom is -0.493 e. The van der Waals surface area contributed by atoms with Crippen LogP contribution in [0.1, 0.15) is 30.3 Å². The van der Waals surface area contributed by atoms with E-state index in [0.717, 1.165) is 24.3 Å². The Bertz CT molecular complexity index is 765. The van der Waals surface area contributed by atoms with Gasteiger partial charge in [-0.15, -0.1) is 10.2 Å². The van der Waals surface area contributed by atoms with Crippen molar-refractivity contribution in [2.24, 2.45) is 0 Å². The zero-order valence-electron chi connectivity index (χ0n) is 14.4. The van der Waals surface area contributed by atoms with Crippen molar-refractivity contribution >= 4 is 28.5 Å². The van der Waals surface area contributed by atoms with Crippen molar-refractivity contribution < 1.29 is 23.0 Å². The second kappa shape index (κ2) is 9.81. The van der Waals surface area contributed by atoms with Crippen molar-refractivity contribution in [2.75, 3.05) is 12.4 Å². The summed E-state index contributed by atoms with van der Waals surface area (Å²) in [5.74, 6) is -0.287. The highest BCUT2D eigenvalue weighted by atomic mass is 32.1. The molecule has 1 aromatic heterocycles. The van der Waals surface area contributed by atoms with Gasteiger partial charge in [0.25, 0.3) is 0 Å². The van der Waals surface area contributed by atoms with Crippen molar-refractivity contribution in [3.8, 4) is 11.5 Å². The quantitative estimate of drug-likeness (QED) is 0.659. The van der Waals surface area contributed by atoms with E-state index < -0.39 is 6.61 Å². The van der Waals surface area contributed by atoms with Crippen LogP contribution >= 0.6 is 11.3 Å². The average Bonchev–Trinajstić information content (AvgIpc) is 3.05. The number of anilines is 1. The molecule has 0 fully saturated rings. The number of hydrogen-bond acceptors (Lipinski definition) is 6. The molecule has 0 spiro atoms. The topological polar surface area (TPSA) is 73.3 Å². The summed E-state index contributed by atoms with van der Waals surface area (Å²) >= 11 is 1.34. The Morgan fingerprint density at radius 2 is 2.15 bits per heavy atom. The number of ether oxygens (including phenoxy) is 2. The number of nitrogens with one attached hydrogen (secondary N) is 1. The lowest BCUT2D eigenvalue weighted by molar-refractivity contribution is -0.111. The number of carbonyl (C=O) groups is 1. The Labute approximate surface area is 153 Å². The van der Waals surface area contributed by atoms with Gasteiger partial charge < -0.3 is 9.47 Å². The maximum atomic E-state index is 12.3. The molecule has 0 saturated carbocycles. The van der Waals surface area contributed by atoms with Crippen LogP contribution in [0.3, 0.4) is 0 Å². The molecule has 26 heavy (non-hydrogen) atoms. The third-order valence-electron chi connectivity index (χ3n) is 3.27. The third kappa shape index (κ3) is 6.07. The van der Waals surface area contributed by atoms with Gasteiger partial charge in [-0.25, -0.2) is 0 Å². The van der Waals surface area contributed by atoms with E-state index in [0.29, 0.717) is 10.7 Å². The second-order valence-electron chi connectivity index (χ2n) is 5.22. The van der Waals surface area contributed by atoms with Crippen molar-refractivity contribution in [2.45, 2.75) is 32.8 Å². The van der Waals surface area contributed by atoms with Gasteiger partial charge >= 0.3 is 6.61 Å². The average molecular weight is 383 g/mol. The van der Waals surface area contributed by atoms with Crippen LogP contribution in [0.25, 0.3) is 6.08 Å². The van der Waals surface area contributed by atoms with Crippen molar-refractivity contribution in [1.29, 1.82) is 0 Å². The lowest BCUT2D eigenvalue weighted by Crippen LogP contribution is -2.07. The predicted molar refractivity (Wildman–Crippen MR) is 95.8 cm³/mol. The van der Waals surface area contributed by atoms with Crippen molar-refractivity contribution in [3.05, 3.63) is 34.8 Å². The van der Waals surface area contributed by atoms with Gasteiger partial charge in [-0.3, -0.25) is 10.1 Å². The van der Waals surface area contributed by atoms with Crippen molar-refractivity contribution in [3.63, 3.8) is 0 Å². The standard InChI is InChI=1S/C17H19F2N3O3S/c1-3-4-5-15-21-22-17(26-15)20-14(23)9-7-11-6-8-12(25-16(18)19)13(10-11)24-2/h6-10,16H,3-5H2,1-2H3,(H,20,22,23)/b9-7+. The smallest absolute Gasteiger partial charge is 0.387 e. The van der Waals surface area contributed by atoms with Crippen LogP contribution in [-0.2, 0) is 11.2 Å². The number of carbonyl (C=O) groups excluding carboxylic acids is 1. The molecule has 1 heterocycles. The molecule has 1 aromatic carbocycles. The van der Waals surface area contributed by atoms with Gasteiger partial charge in [0.1, 0.15) is 5.01 Å². The van der Waals surface area contributed by atoms with Gasteiger partial charge in [-0.05, 0) is 30.2 Å². The molecule has 0 bridgehead atoms. The molecule has 0 aliphatic heterocycles. The minimum atomic E-state index is -2.94. The van der Waals surface area contributed by atoms with E-state index in [1.807, 2.05) is 0 Å². The molecule has 0 unspecified atom stereocenters. The fraction of sp³-hybridized carbons (Fsp3) is 0.353. The van der Waals surface area contributed by atoms with Gasteiger partial charge in [0.05, 0.1) is 7.11 Å². The van der Waals surface area contributed by atoms with Crippen LogP contribution in [0, 0.1) is 0 Å². The zero-order valence-corrected chi connectivity index (χ0v) is 15.2. The van der Waals surface area contributed by atoms with Gasteiger partial charge in [-0.1, -0.05) is 30.7 Å². The highest BCUT2D eigenvalue weighted by Gasteiger charge is 2.11. The van der Waals surface area contributed by atoms with Crippen LogP contribution in [0.4, 0.5) is 13.9 Å². The number of aryl methyl sites for hydroxylation is 1. The van der Waals surface area contributed by atoms with E-state index in [4.69, 9.17) is 4.74 Å². The Kier molecular flexibility index (Phi) is 7.46. The molecule has 140 valence electrons. The van der Waals surface area contributed by atoms with E-state index in [-0.39, 0.29) is 17.4 Å². The van der Waals surface area contributed by atoms with Crippen molar-refractivity contribution in [1.82, 2.24) is 10.2 Å². The summed E-state index contributed by atoms with van der Waals surface area (Å²) in [7, 11) is 1.35. The number of rotatable bonds is 9. The normalized spacial score (nSPS) is 11.1. The molecule has 9 heteroatoms. The van der Waals surface area contributed by atoms with Crippen LogP contribution in [-0.4, -0.2) is 29.8 Å². The molecular weight excluding hydrogens is 364 g/mol. The first-order valence-electron chi connectivity index (χ1n) is 7.96. The number of amides is 1. The Hall–Kier alpha value is -2.55. The SMILES string of the molecule is CCCCc1nnc(NC(=O)/C=C/c2ccc(OC(F)F)c(OC)c2)s1. The summed E-state index contributed by atoms with van der Waals surface area (Å²) in [6.07, 6.45) is 5.77. The number of methoxy groups -OCH3 is 1. The van der Waals surface area contributed by atoms with Gasteiger partial charge in [0.15, 0.2) is 11.5 Å². The largest absolute Gasteiger partial charge is 0.493 e. The maximum absolute atomic E-state index is 12.3. The molecular formula is C17H19F2N3O3S. The summed E-state index contributed by atoms with van der Waals surface area (Å²) in [6, 6.07) is 4.39. The van der Waals surface area contributed by atoms with Gasteiger partial charge in [-0.2, -0.15) is 8.78 Å². The van der Waals surface area contributed by atoms with Crippen LogP contribution in [0.2, 0.25) is 0 Å². The molecule has 6 nitrogen and oxygen atoms in total.